The number of ether oxygens (including phenoxy) is 2. The van der Waals surface area contributed by atoms with E-state index in [1.807, 2.05) is 31.2 Å². The molecule has 1 rings (SSSR count). The number of carbonyl (C=O) groups excluding carboxylic acids is 1. The summed E-state index contributed by atoms with van der Waals surface area (Å²) in [5, 5.41) is 0. The molecule has 0 saturated carbocycles. The molecule has 0 radical (unpaired) electrons. The van der Waals surface area contributed by atoms with Crippen LogP contribution < -0.4 is 4.74 Å². The van der Waals surface area contributed by atoms with E-state index in [0.717, 1.165) is 17.6 Å². The third-order valence-electron chi connectivity index (χ3n) is 2.68. The van der Waals surface area contributed by atoms with Gasteiger partial charge in [-0.05, 0) is 31.0 Å². The van der Waals surface area contributed by atoms with Gasteiger partial charge in [-0.25, -0.2) is 0 Å². The van der Waals surface area contributed by atoms with E-state index in [9.17, 15) is 4.79 Å². The summed E-state index contributed by atoms with van der Waals surface area (Å²) in [6.45, 7) is 4.17. The van der Waals surface area contributed by atoms with Crippen molar-refractivity contribution < 1.29 is 14.3 Å². The molecule has 0 saturated heterocycles. The SMILES string of the molecule is CC[C@@](C)(C=O)OCc1ccc(OC)cc1. The number of carbonyl (C=O) groups is 1. The number of methoxy groups -OCH3 is 1. The Labute approximate surface area is 96.4 Å². The van der Waals surface area contributed by atoms with Crippen molar-refractivity contribution in [2.45, 2.75) is 32.5 Å². The molecule has 0 aliphatic heterocycles. The molecule has 0 aliphatic carbocycles. The van der Waals surface area contributed by atoms with Gasteiger partial charge in [0.15, 0.2) is 6.29 Å². The van der Waals surface area contributed by atoms with Crippen LogP contribution in [0.3, 0.4) is 0 Å². The second kappa shape index (κ2) is 5.66. The Morgan fingerprint density at radius 2 is 1.94 bits per heavy atom. The molecule has 16 heavy (non-hydrogen) atoms. The molecule has 1 aromatic carbocycles. The lowest BCUT2D eigenvalue weighted by atomic mass is 10.1. The van der Waals surface area contributed by atoms with Gasteiger partial charge in [0.05, 0.1) is 13.7 Å². The fraction of sp³-hybridized carbons (Fsp3) is 0.462. The maximum atomic E-state index is 10.8. The number of hydrogen-bond donors (Lipinski definition) is 0. The highest BCUT2D eigenvalue weighted by molar-refractivity contribution is 5.61. The van der Waals surface area contributed by atoms with Gasteiger partial charge in [0.2, 0.25) is 0 Å². The van der Waals surface area contributed by atoms with Gasteiger partial charge in [-0.3, -0.25) is 0 Å². The van der Waals surface area contributed by atoms with E-state index in [1.165, 1.54) is 0 Å². The standard InChI is InChI=1S/C13H18O3/c1-4-13(2,10-14)16-9-11-5-7-12(15-3)8-6-11/h5-8,10H,4,9H2,1-3H3/t13-/m0/s1. The van der Waals surface area contributed by atoms with Gasteiger partial charge in [0.25, 0.3) is 0 Å². The zero-order valence-electron chi connectivity index (χ0n) is 10.0. The highest BCUT2D eigenvalue weighted by atomic mass is 16.5. The van der Waals surface area contributed by atoms with E-state index in [4.69, 9.17) is 9.47 Å². The van der Waals surface area contributed by atoms with Crippen LogP contribution in [0, 0.1) is 0 Å². The molecule has 3 nitrogen and oxygen atoms in total. The molecule has 3 heteroatoms. The number of benzene rings is 1. The molecule has 1 aromatic rings. The van der Waals surface area contributed by atoms with Gasteiger partial charge in [-0.15, -0.1) is 0 Å². The average Bonchev–Trinajstić information content (AvgIpc) is 2.36. The average molecular weight is 222 g/mol. The molecule has 0 N–H and O–H groups in total. The van der Waals surface area contributed by atoms with Gasteiger partial charge < -0.3 is 14.3 Å². The smallest absolute Gasteiger partial charge is 0.151 e. The summed E-state index contributed by atoms with van der Waals surface area (Å²) in [6, 6.07) is 7.62. The van der Waals surface area contributed by atoms with E-state index in [0.29, 0.717) is 13.0 Å². The van der Waals surface area contributed by atoms with E-state index >= 15 is 0 Å². The fourth-order valence-corrected chi connectivity index (χ4v) is 1.19. The monoisotopic (exact) mass is 222 g/mol. The maximum Gasteiger partial charge on any atom is 0.151 e. The quantitative estimate of drug-likeness (QED) is 0.694. The van der Waals surface area contributed by atoms with Crippen LogP contribution in [0.1, 0.15) is 25.8 Å². The molecule has 88 valence electrons. The second-order valence-corrected chi connectivity index (χ2v) is 3.92. The molecule has 0 heterocycles. The summed E-state index contributed by atoms with van der Waals surface area (Å²) in [6.07, 6.45) is 1.53. The summed E-state index contributed by atoms with van der Waals surface area (Å²) < 4.78 is 10.6. The van der Waals surface area contributed by atoms with Crippen LogP contribution >= 0.6 is 0 Å². The van der Waals surface area contributed by atoms with Crippen molar-refractivity contribution in [1.82, 2.24) is 0 Å². The minimum absolute atomic E-state index is 0.438. The highest BCUT2D eigenvalue weighted by Crippen LogP contribution is 2.17. The number of hydrogen-bond acceptors (Lipinski definition) is 3. The molecule has 0 aliphatic rings. The Bertz CT molecular complexity index is 332. The van der Waals surface area contributed by atoms with Crippen LogP contribution in [0.25, 0.3) is 0 Å². The summed E-state index contributed by atoms with van der Waals surface area (Å²) in [7, 11) is 1.63. The normalized spacial score (nSPS) is 14.2. The van der Waals surface area contributed by atoms with Gasteiger partial charge in [0, 0.05) is 0 Å². The van der Waals surface area contributed by atoms with E-state index in [1.54, 1.807) is 14.0 Å². The lowest BCUT2D eigenvalue weighted by Crippen LogP contribution is -2.29. The van der Waals surface area contributed by atoms with Crippen molar-refractivity contribution in [3.63, 3.8) is 0 Å². The van der Waals surface area contributed by atoms with Crippen LogP contribution in [0.4, 0.5) is 0 Å². The maximum absolute atomic E-state index is 10.8. The lowest BCUT2D eigenvalue weighted by molar-refractivity contribution is -0.131. The van der Waals surface area contributed by atoms with Crippen molar-refractivity contribution in [2.75, 3.05) is 7.11 Å². The van der Waals surface area contributed by atoms with Crippen molar-refractivity contribution in [2.24, 2.45) is 0 Å². The van der Waals surface area contributed by atoms with Crippen LogP contribution in [0.5, 0.6) is 5.75 Å². The molecule has 0 spiro atoms. The second-order valence-electron chi connectivity index (χ2n) is 3.92. The summed E-state index contributed by atoms with van der Waals surface area (Å²) >= 11 is 0. The van der Waals surface area contributed by atoms with E-state index in [-0.39, 0.29) is 0 Å². The Hall–Kier alpha value is -1.35. The number of aldehydes is 1. The minimum atomic E-state index is -0.681. The van der Waals surface area contributed by atoms with Gasteiger partial charge in [-0.1, -0.05) is 19.1 Å². The lowest BCUT2D eigenvalue weighted by Gasteiger charge is -2.21. The first-order valence-electron chi connectivity index (χ1n) is 5.37. The predicted octanol–water partition coefficient (Wildman–Crippen LogP) is 2.58. The number of rotatable bonds is 6. The largest absolute Gasteiger partial charge is 0.497 e. The molecule has 0 unspecified atom stereocenters. The van der Waals surface area contributed by atoms with Crippen LogP contribution in [0.2, 0.25) is 0 Å². The fourth-order valence-electron chi connectivity index (χ4n) is 1.19. The van der Waals surface area contributed by atoms with Crippen molar-refractivity contribution in [3.8, 4) is 5.75 Å². The van der Waals surface area contributed by atoms with Crippen molar-refractivity contribution in [3.05, 3.63) is 29.8 Å². The third kappa shape index (κ3) is 3.35. The van der Waals surface area contributed by atoms with E-state index < -0.39 is 5.60 Å². The summed E-state index contributed by atoms with van der Waals surface area (Å²) in [5.41, 5.74) is 0.349. The molecule has 0 amide bonds. The van der Waals surface area contributed by atoms with Gasteiger partial charge in [0.1, 0.15) is 11.4 Å². The first kappa shape index (κ1) is 12.7. The third-order valence-corrected chi connectivity index (χ3v) is 2.68. The molecule has 0 fully saturated rings. The first-order chi connectivity index (χ1) is 7.63. The minimum Gasteiger partial charge on any atom is -0.497 e. The van der Waals surface area contributed by atoms with Crippen LogP contribution in [0.15, 0.2) is 24.3 Å². The zero-order valence-corrected chi connectivity index (χ0v) is 10.0. The summed E-state index contributed by atoms with van der Waals surface area (Å²) in [4.78, 5) is 10.8. The molecule has 1 atom stereocenters. The van der Waals surface area contributed by atoms with E-state index in [2.05, 4.69) is 0 Å². The Morgan fingerprint density at radius 1 is 1.31 bits per heavy atom. The highest BCUT2D eigenvalue weighted by Gasteiger charge is 2.21. The molecule has 0 aromatic heterocycles. The Kier molecular flexibility index (Phi) is 4.50. The van der Waals surface area contributed by atoms with Gasteiger partial charge >= 0.3 is 0 Å². The molecular formula is C13H18O3. The van der Waals surface area contributed by atoms with Crippen molar-refractivity contribution >= 4 is 6.29 Å². The summed E-state index contributed by atoms with van der Waals surface area (Å²) in [5.74, 6) is 0.817. The predicted molar refractivity (Wildman–Crippen MR) is 62.5 cm³/mol. The van der Waals surface area contributed by atoms with Crippen LogP contribution in [-0.2, 0) is 16.1 Å². The van der Waals surface area contributed by atoms with Gasteiger partial charge in [-0.2, -0.15) is 0 Å². The Balaban J connectivity index is 2.57. The molecule has 0 bridgehead atoms. The first-order valence-corrected chi connectivity index (χ1v) is 5.37. The topological polar surface area (TPSA) is 35.5 Å². The van der Waals surface area contributed by atoms with Crippen molar-refractivity contribution in [1.29, 1.82) is 0 Å². The van der Waals surface area contributed by atoms with Crippen LogP contribution in [-0.4, -0.2) is 19.0 Å². The molecular weight excluding hydrogens is 204 g/mol. The zero-order chi connectivity index (χ0) is 12.0. The Morgan fingerprint density at radius 3 is 2.38 bits per heavy atom.